The number of hydrogen-bond acceptors (Lipinski definition) is 4. The lowest BCUT2D eigenvalue weighted by molar-refractivity contribution is -0.126. The average Bonchev–Trinajstić information content (AvgIpc) is 2.94. The zero-order valence-electron chi connectivity index (χ0n) is 20.5. The molecule has 0 fully saturated rings. The maximum Gasteiger partial charge on any atom is 0.337 e. The van der Waals surface area contributed by atoms with Crippen molar-refractivity contribution in [2.75, 3.05) is 14.2 Å². The third kappa shape index (κ3) is 5.15. The Labute approximate surface area is 212 Å². The highest BCUT2D eigenvalue weighted by atomic mass is 31.2. The van der Waals surface area contributed by atoms with Gasteiger partial charge in [-0.25, -0.2) is 4.79 Å². The molecular formula is C31H29O4P. The normalized spacial score (nSPS) is 10.8. The minimum atomic E-state index is -2.51. The van der Waals surface area contributed by atoms with Gasteiger partial charge in [0.15, 0.2) is 11.5 Å². The Morgan fingerprint density at radius 3 is 1.53 bits per heavy atom. The highest BCUT2D eigenvalue weighted by Crippen LogP contribution is 2.44. The number of allylic oxidation sites excluding steroid dienone is 1. The summed E-state index contributed by atoms with van der Waals surface area (Å²) in [5.74, 6) is 2.37. The number of carbonyl (C=O) groups excluding carboxylic acids is 1. The Morgan fingerprint density at radius 2 is 1.17 bits per heavy atom. The summed E-state index contributed by atoms with van der Waals surface area (Å²) < 4.78 is 17.1. The molecule has 4 aromatic rings. The lowest BCUT2D eigenvalue weighted by atomic mass is 10.1. The number of ether oxygens (including phenoxy) is 3. The second kappa shape index (κ2) is 11.6. The van der Waals surface area contributed by atoms with Gasteiger partial charge in [0.25, 0.3) is 0 Å². The minimum Gasteiger partial charge on any atom is -0.493 e. The molecule has 0 aromatic heterocycles. The third-order valence-electron chi connectivity index (χ3n) is 5.89. The first-order valence-electron chi connectivity index (χ1n) is 11.6. The van der Waals surface area contributed by atoms with Gasteiger partial charge in [0.05, 0.1) is 14.2 Å². The molecule has 4 aromatic carbocycles. The fraction of sp³-hybridized carbons (Fsp3) is 0.0968. The van der Waals surface area contributed by atoms with E-state index < -0.39 is 12.9 Å². The zero-order valence-corrected chi connectivity index (χ0v) is 21.4. The molecule has 0 saturated heterocycles. The molecule has 0 aliphatic heterocycles. The van der Waals surface area contributed by atoms with E-state index in [1.807, 2.05) is 66.7 Å². The predicted octanol–water partition coefficient (Wildman–Crippen LogP) is 5.13. The predicted molar refractivity (Wildman–Crippen MR) is 150 cm³/mol. The molecule has 36 heavy (non-hydrogen) atoms. The van der Waals surface area contributed by atoms with Gasteiger partial charge in [-0.3, -0.25) is 0 Å². The second-order valence-electron chi connectivity index (χ2n) is 8.10. The van der Waals surface area contributed by atoms with Gasteiger partial charge in [0.2, 0.25) is 5.75 Å². The summed E-state index contributed by atoms with van der Waals surface area (Å²) in [6.45, 7) is 1.29. The van der Waals surface area contributed by atoms with E-state index in [1.54, 1.807) is 26.1 Å². The summed E-state index contributed by atoms with van der Waals surface area (Å²) in [4.78, 5) is 13.7. The molecule has 0 amide bonds. The van der Waals surface area contributed by atoms with Gasteiger partial charge in [-0.15, -0.1) is 6.58 Å². The van der Waals surface area contributed by atoms with Gasteiger partial charge in [-0.2, -0.15) is 0 Å². The lowest BCUT2D eigenvalue weighted by Gasteiger charge is -2.28. The molecule has 4 rings (SSSR count). The van der Waals surface area contributed by atoms with E-state index in [2.05, 4.69) is 43.0 Å². The molecule has 0 bridgehead atoms. The van der Waals surface area contributed by atoms with Crippen LogP contribution in [0, 0.1) is 0 Å². The summed E-state index contributed by atoms with van der Waals surface area (Å²) in [6, 6.07) is 34.0. The van der Waals surface area contributed by atoms with Gasteiger partial charge in [0, 0.05) is 5.80 Å². The van der Waals surface area contributed by atoms with Crippen LogP contribution in [0.2, 0.25) is 0 Å². The smallest absolute Gasteiger partial charge is 0.337 e. The van der Waals surface area contributed by atoms with Crippen LogP contribution in [0.1, 0.15) is 5.56 Å². The Balaban J connectivity index is 1.92. The fourth-order valence-electron chi connectivity index (χ4n) is 4.26. The first kappa shape index (κ1) is 25.1. The molecule has 4 nitrogen and oxygen atoms in total. The molecule has 0 radical (unpaired) electrons. The van der Waals surface area contributed by atoms with Crippen molar-refractivity contribution in [2.45, 2.75) is 6.42 Å². The van der Waals surface area contributed by atoms with Crippen LogP contribution >= 0.6 is 6.89 Å². The van der Waals surface area contributed by atoms with Gasteiger partial charge in [0.1, 0.15) is 0 Å². The molecule has 0 aliphatic carbocycles. The standard InChI is InChI=1S/C31H29O4P/c1-4-14-24-21-28(33-2)31(29(22-24)34-3)35-30(32)23-36(25-15-8-5-9-16-25,26-17-10-6-11-18-26)27-19-12-7-13-20-27/h4-13,15-23H,1,14H2,2-3H3. The number of esters is 1. The van der Waals surface area contributed by atoms with E-state index >= 15 is 0 Å². The van der Waals surface area contributed by atoms with Crippen LogP contribution in [0.3, 0.4) is 0 Å². The van der Waals surface area contributed by atoms with Gasteiger partial charge >= 0.3 is 5.97 Å². The molecule has 0 atom stereocenters. The maximum atomic E-state index is 13.7. The Kier molecular flexibility index (Phi) is 8.10. The fourth-order valence-corrected chi connectivity index (χ4v) is 7.90. The SMILES string of the molecule is C=CCc1cc(OC)c(OC(=O)C=P(c2ccccc2)(c2ccccc2)c2ccccc2)c(OC)c1. The molecule has 0 spiro atoms. The highest BCUT2D eigenvalue weighted by molar-refractivity contribution is 7.95. The molecule has 0 unspecified atom stereocenters. The summed E-state index contributed by atoms with van der Waals surface area (Å²) in [5, 5.41) is 3.17. The third-order valence-corrected chi connectivity index (χ3v) is 9.83. The van der Waals surface area contributed by atoms with Crippen molar-refractivity contribution in [2.24, 2.45) is 0 Å². The number of hydrogen-bond donors (Lipinski definition) is 0. The van der Waals surface area contributed by atoms with Crippen LogP contribution in [0.5, 0.6) is 17.2 Å². The molecule has 0 heterocycles. The first-order chi connectivity index (χ1) is 17.6. The Hall–Kier alpha value is -4.01. The van der Waals surface area contributed by atoms with Gasteiger partial charge in [-0.1, -0.05) is 97.1 Å². The van der Waals surface area contributed by atoms with Gasteiger partial charge in [-0.05, 0) is 46.9 Å². The van der Waals surface area contributed by atoms with Crippen LogP contribution in [0.25, 0.3) is 0 Å². The van der Waals surface area contributed by atoms with Crippen molar-refractivity contribution < 1.29 is 19.0 Å². The summed E-state index contributed by atoms with van der Waals surface area (Å²) >= 11 is 0. The van der Waals surface area contributed by atoms with E-state index in [4.69, 9.17) is 14.2 Å². The van der Waals surface area contributed by atoms with E-state index in [9.17, 15) is 4.79 Å². The summed E-state index contributed by atoms with van der Waals surface area (Å²) in [5.41, 5.74) is 0.946. The van der Waals surface area contributed by atoms with Crippen molar-refractivity contribution in [1.29, 1.82) is 0 Å². The van der Waals surface area contributed by atoms with Crippen LogP contribution in [-0.2, 0) is 11.2 Å². The monoisotopic (exact) mass is 496 g/mol. The number of benzene rings is 4. The van der Waals surface area contributed by atoms with E-state index in [-0.39, 0.29) is 5.75 Å². The molecule has 0 aliphatic rings. The molecule has 182 valence electrons. The number of carbonyl (C=O) groups is 1. The van der Waals surface area contributed by atoms with Crippen molar-refractivity contribution in [1.82, 2.24) is 0 Å². The van der Waals surface area contributed by atoms with Crippen LogP contribution < -0.4 is 30.1 Å². The van der Waals surface area contributed by atoms with Crippen molar-refractivity contribution in [3.8, 4) is 17.2 Å². The topological polar surface area (TPSA) is 44.8 Å². The van der Waals surface area contributed by atoms with E-state index in [1.165, 1.54) is 0 Å². The molecule has 0 N–H and O–H groups in total. The largest absolute Gasteiger partial charge is 0.493 e. The summed E-state index contributed by atoms with van der Waals surface area (Å²) in [7, 11) is 3.09. The number of rotatable bonds is 9. The molecule has 5 heteroatoms. The first-order valence-corrected chi connectivity index (χ1v) is 13.5. The highest BCUT2D eigenvalue weighted by Gasteiger charge is 2.28. The molecule has 0 saturated carbocycles. The Bertz CT molecular complexity index is 1250. The van der Waals surface area contributed by atoms with Crippen LogP contribution in [0.15, 0.2) is 116 Å². The van der Waals surface area contributed by atoms with Crippen molar-refractivity contribution in [3.63, 3.8) is 0 Å². The lowest BCUT2D eigenvalue weighted by Crippen LogP contribution is -2.29. The summed E-state index contributed by atoms with van der Waals surface area (Å²) in [6.07, 6.45) is 2.43. The van der Waals surface area contributed by atoms with E-state index in [0.29, 0.717) is 17.9 Å². The van der Waals surface area contributed by atoms with Crippen LogP contribution in [0.4, 0.5) is 0 Å². The molecular weight excluding hydrogens is 467 g/mol. The minimum absolute atomic E-state index is 0.251. The quantitative estimate of drug-likeness (QED) is 0.139. The average molecular weight is 497 g/mol. The van der Waals surface area contributed by atoms with Gasteiger partial charge < -0.3 is 14.2 Å². The van der Waals surface area contributed by atoms with Crippen molar-refractivity contribution >= 4 is 34.6 Å². The Morgan fingerprint density at radius 1 is 0.750 bits per heavy atom. The van der Waals surface area contributed by atoms with E-state index in [0.717, 1.165) is 21.5 Å². The van der Waals surface area contributed by atoms with Crippen molar-refractivity contribution in [3.05, 3.63) is 121 Å². The zero-order chi connectivity index (χ0) is 25.4. The van der Waals surface area contributed by atoms with Crippen LogP contribution in [-0.4, -0.2) is 26.0 Å². The number of methoxy groups -OCH3 is 2. The maximum absolute atomic E-state index is 13.7. The second-order valence-corrected chi connectivity index (χ2v) is 11.4.